The minimum Gasteiger partial charge on any atom is -1.00 e. The number of nitrogen functional groups attached to an aromatic ring is 1. The second-order valence-electron chi connectivity index (χ2n) is 12.0. The predicted molar refractivity (Wildman–Crippen MR) is 183 cm³/mol. The first-order chi connectivity index (χ1) is 24.6. The van der Waals surface area contributed by atoms with E-state index in [1.54, 1.807) is 0 Å². The maximum atomic E-state index is 12.6. The van der Waals surface area contributed by atoms with Crippen LogP contribution in [0.1, 0.15) is 47.7 Å². The van der Waals surface area contributed by atoms with Crippen molar-refractivity contribution in [2.24, 2.45) is 5.41 Å². The first kappa shape index (κ1) is 48.7. The smallest absolute Gasteiger partial charge is 1.00 e. The Hall–Kier alpha value is -1.44. The Bertz CT molecular complexity index is 1760. The van der Waals surface area contributed by atoms with Crippen molar-refractivity contribution in [2.75, 3.05) is 37.8 Å². The molecule has 0 saturated carbocycles. The number of phosphoric ester groups is 3. The van der Waals surface area contributed by atoms with Gasteiger partial charge in [0.05, 0.1) is 19.5 Å². The number of carbonyl (C=O) groups is 3. The van der Waals surface area contributed by atoms with Gasteiger partial charge in [-0.1, -0.05) is 32.5 Å². The molecular formula is C25H43N7NaO17P3S. The van der Waals surface area contributed by atoms with E-state index in [2.05, 4.69) is 34.4 Å². The zero-order valence-electron chi connectivity index (χ0n) is 30.5. The first-order valence-electron chi connectivity index (χ1n) is 15.6. The molecule has 3 heterocycles. The van der Waals surface area contributed by atoms with Gasteiger partial charge in [0.15, 0.2) is 22.8 Å². The van der Waals surface area contributed by atoms with Gasteiger partial charge in [-0.15, -0.1) is 0 Å². The fourth-order valence-corrected chi connectivity index (χ4v) is 8.18. The molecule has 1 aliphatic rings. The molecule has 0 bridgehead atoms. The molecule has 302 valence electrons. The van der Waals surface area contributed by atoms with Crippen LogP contribution in [-0.2, 0) is 50.7 Å². The first-order valence-corrected chi connectivity index (χ1v) is 21.1. The van der Waals surface area contributed by atoms with Gasteiger partial charge < -0.3 is 52.3 Å². The molecule has 1 fully saturated rings. The summed E-state index contributed by atoms with van der Waals surface area (Å²) < 4.78 is 61.9. The molecule has 0 aromatic carbocycles. The van der Waals surface area contributed by atoms with Crippen molar-refractivity contribution >= 4 is 69.1 Å². The summed E-state index contributed by atoms with van der Waals surface area (Å²) in [6.07, 6.45) is -5.73. The normalized spacial score (nSPS) is 21.8. The Morgan fingerprint density at radius 2 is 1.74 bits per heavy atom. The third-order valence-electron chi connectivity index (χ3n) is 7.22. The van der Waals surface area contributed by atoms with E-state index in [0.717, 1.165) is 35.4 Å². The van der Waals surface area contributed by atoms with E-state index in [9.17, 15) is 57.9 Å². The molecule has 2 amide bonds. The molecule has 7 atom stereocenters. The molecule has 10 N–H and O–H groups in total. The minimum absolute atomic E-state index is 0. The minimum atomic E-state index is -5.56. The summed E-state index contributed by atoms with van der Waals surface area (Å²) in [7, 11) is -16.4. The van der Waals surface area contributed by atoms with Crippen molar-refractivity contribution in [3.8, 4) is 0 Å². The number of carbonyl (C=O) groups excluding carboxylic acids is 3. The van der Waals surface area contributed by atoms with Crippen molar-refractivity contribution in [1.29, 1.82) is 0 Å². The van der Waals surface area contributed by atoms with Crippen molar-refractivity contribution < 1.29 is 111 Å². The maximum Gasteiger partial charge on any atom is 1.00 e. The van der Waals surface area contributed by atoms with Gasteiger partial charge in [-0.25, -0.2) is 28.6 Å². The van der Waals surface area contributed by atoms with Crippen molar-refractivity contribution in [3.63, 3.8) is 0 Å². The Morgan fingerprint density at radius 3 is 2.39 bits per heavy atom. The van der Waals surface area contributed by atoms with Crippen LogP contribution in [0.3, 0.4) is 0 Å². The van der Waals surface area contributed by atoms with Gasteiger partial charge in [-0.3, -0.25) is 32.5 Å². The number of aliphatic hydroxyl groups is 2. The SMILES string of the molecule is CCCC(=O)SCCNC(=O)CCNC(=O)[C@H](O)C(C)(C)COP(=O)(O)OP(=O)(O)OC[C@H]1O[C@@H](n2cnc3c(N)ncnc32)[C@H](O)[C@@H]1OP(=O)(O)O.[H-].[Na+]. The number of phosphoric acid groups is 3. The van der Waals surface area contributed by atoms with Gasteiger partial charge >= 0.3 is 53.0 Å². The summed E-state index contributed by atoms with van der Waals surface area (Å²) in [5.74, 6) is -1.06. The quantitative estimate of drug-likeness (QED) is 0.0335. The maximum absolute atomic E-state index is 12.6. The molecule has 2 aromatic heterocycles. The number of amides is 2. The molecule has 2 unspecified atom stereocenters. The van der Waals surface area contributed by atoms with Gasteiger partial charge in [0.25, 0.3) is 0 Å². The number of hydrogen-bond donors (Lipinski definition) is 9. The van der Waals surface area contributed by atoms with Gasteiger partial charge in [0.1, 0.15) is 36.3 Å². The molecule has 1 aliphatic heterocycles. The van der Waals surface area contributed by atoms with Crippen LogP contribution >= 0.6 is 35.2 Å². The third kappa shape index (κ3) is 14.8. The van der Waals surface area contributed by atoms with Gasteiger partial charge in [-0.05, 0) is 6.42 Å². The molecule has 3 rings (SSSR count). The summed E-state index contributed by atoms with van der Waals surface area (Å²) in [6, 6.07) is 0. The van der Waals surface area contributed by atoms with E-state index in [0.29, 0.717) is 12.2 Å². The summed E-state index contributed by atoms with van der Waals surface area (Å²) in [6.45, 7) is 2.41. The van der Waals surface area contributed by atoms with Crippen LogP contribution in [0.2, 0.25) is 0 Å². The Balaban J connectivity index is 0.00000756. The number of nitrogens with zero attached hydrogens (tertiary/aromatic N) is 4. The Morgan fingerprint density at radius 1 is 1.07 bits per heavy atom. The molecule has 0 aliphatic carbocycles. The third-order valence-corrected chi connectivity index (χ3v) is 11.3. The Kier molecular flexibility index (Phi) is 18.8. The number of nitrogens with one attached hydrogen (secondary N) is 2. The number of rotatable bonds is 21. The fourth-order valence-electron chi connectivity index (χ4n) is 4.57. The number of aromatic nitrogens is 4. The summed E-state index contributed by atoms with van der Waals surface area (Å²) in [5.41, 5.74) is 4.27. The van der Waals surface area contributed by atoms with E-state index in [1.807, 2.05) is 6.92 Å². The number of ether oxygens (including phenoxy) is 1. The van der Waals surface area contributed by atoms with Crippen LogP contribution in [0.5, 0.6) is 0 Å². The van der Waals surface area contributed by atoms with Crippen LogP contribution in [0.15, 0.2) is 12.7 Å². The number of aliphatic hydroxyl groups excluding tert-OH is 2. The topological polar surface area (TPSA) is 364 Å². The largest absolute Gasteiger partial charge is 1.00 e. The molecule has 54 heavy (non-hydrogen) atoms. The van der Waals surface area contributed by atoms with Gasteiger partial charge in [0, 0.05) is 37.1 Å². The van der Waals surface area contributed by atoms with Crippen molar-refractivity contribution in [1.82, 2.24) is 30.2 Å². The van der Waals surface area contributed by atoms with E-state index in [-0.39, 0.29) is 72.6 Å². The molecule has 0 radical (unpaired) electrons. The zero-order chi connectivity index (χ0) is 39.8. The predicted octanol–water partition coefficient (Wildman–Crippen LogP) is -3.42. The standard InChI is InChI=1S/C25H42N7O17P3S.Na.H/c1-4-5-16(34)53-9-8-27-15(33)6-7-28-23(37)20(36)25(2,3)11-46-52(43,44)49-51(41,42)45-10-14-19(48-50(38,39)40)18(35)24(47-14)32-13-31-17-21(26)29-12-30-22(17)32;;/h12-14,18-20,24,35-36H,4-11H2,1-3H3,(H,27,33)(H,28,37)(H,41,42)(H,43,44)(H2,26,29,30)(H2,38,39,40);;/q;+1;-1/t14-,18-,19-,20+,24-;;/m1../s1. The number of imidazole rings is 1. The fraction of sp³-hybridized carbons (Fsp3) is 0.680. The van der Waals surface area contributed by atoms with Crippen LogP contribution in [0, 0.1) is 5.41 Å². The van der Waals surface area contributed by atoms with Crippen LogP contribution < -0.4 is 45.9 Å². The average molecular weight is 862 g/mol. The van der Waals surface area contributed by atoms with Gasteiger partial charge in [0.2, 0.25) is 11.8 Å². The Labute approximate surface area is 335 Å². The zero-order valence-corrected chi connectivity index (χ0v) is 35.0. The number of anilines is 1. The number of thioether (sulfide) groups is 1. The van der Waals surface area contributed by atoms with E-state index in [1.165, 1.54) is 13.8 Å². The molecule has 24 nitrogen and oxygen atoms in total. The summed E-state index contributed by atoms with van der Waals surface area (Å²) >= 11 is 1.09. The number of nitrogens with two attached hydrogens (primary N) is 1. The van der Waals surface area contributed by atoms with E-state index < -0.39 is 84.6 Å². The number of hydrogen-bond acceptors (Lipinski definition) is 18. The van der Waals surface area contributed by atoms with Crippen molar-refractivity contribution in [2.45, 2.75) is 70.7 Å². The van der Waals surface area contributed by atoms with Crippen LogP contribution in [-0.4, -0.2) is 123 Å². The second-order valence-corrected chi connectivity index (χ2v) is 17.4. The van der Waals surface area contributed by atoms with E-state index >= 15 is 0 Å². The van der Waals surface area contributed by atoms with Crippen molar-refractivity contribution in [3.05, 3.63) is 12.7 Å². The molecule has 2 aromatic rings. The monoisotopic (exact) mass is 861 g/mol. The summed E-state index contributed by atoms with van der Waals surface area (Å²) in [5, 5.41) is 26.3. The average Bonchev–Trinajstić information content (AvgIpc) is 3.61. The molecule has 0 spiro atoms. The van der Waals surface area contributed by atoms with Crippen LogP contribution in [0.4, 0.5) is 5.82 Å². The molecular weight excluding hydrogens is 818 g/mol. The van der Waals surface area contributed by atoms with Crippen LogP contribution in [0.25, 0.3) is 11.2 Å². The van der Waals surface area contributed by atoms with E-state index in [4.69, 9.17) is 19.5 Å². The second kappa shape index (κ2) is 20.8. The molecule has 29 heteroatoms. The number of fused-ring (bicyclic) bond motifs is 1. The molecule has 1 saturated heterocycles. The summed E-state index contributed by atoms with van der Waals surface area (Å²) in [4.78, 5) is 86.8. The van der Waals surface area contributed by atoms with Gasteiger partial charge in [-0.2, -0.15) is 4.31 Å².